The lowest BCUT2D eigenvalue weighted by molar-refractivity contribution is 0.0916. The van der Waals surface area contributed by atoms with Gasteiger partial charge >= 0.3 is 0 Å². The Morgan fingerprint density at radius 2 is 1.93 bits per heavy atom. The molecule has 0 fully saturated rings. The lowest BCUT2D eigenvalue weighted by Crippen LogP contribution is -2.27. The van der Waals surface area contributed by atoms with Crippen molar-refractivity contribution in [1.82, 2.24) is 4.57 Å². The van der Waals surface area contributed by atoms with Gasteiger partial charge in [0.05, 0.1) is 5.56 Å². The SMILES string of the molecule is CCCCCCn1c(O)c(C(=O)COc2ccc(F)cc2)c(C)c(C#N)c1=O. The number of rotatable bonds is 9. The molecule has 0 amide bonds. The van der Waals surface area contributed by atoms with Crippen LogP contribution in [0.3, 0.4) is 0 Å². The van der Waals surface area contributed by atoms with Gasteiger partial charge < -0.3 is 9.84 Å². The van der Waals surface area contributed by atoms with Crippen molar-refractivity contribution in [2.45, 2.75) is 46.1 Å². The maximum atomic E-state index is 13.0. The van der Waals surface area contributed by atoms with Crippen LogP contribution in [-0.4, -0.2) is 22.1 Å². The summed E-state index contributed by atoms with van der Waals surface area (Å²) in [5, 5.41) is 19.9. The summed E-state index contributed by atoms with van der Waals surface area (Å²) in [5.41, 5.74) is -0.750. The summed E-state index contributed by atoms with van der Waals surface area (Å²) in [6, 6.07) is 6.99. The Hall–Kier alpha value is -3.14. The van der Waals surface area contributed by atoms with Crippen LogP contribution in [0.25, 0.3) is 0 Å². The van der Waals surface area contributed by atoms with E-state index in [4.69, 9.17) is 4.74 Å². The van der Waals surface area contributed by atoms with Crippen LogP contribution in [0.1, 0.15) is 54.1 Å². The second-order valence-electron chi connectivity index (χ2n) is 6.49. The summed E-state index contributed by atoms with van der Waals surface area (Å²) >= 11 is 0. The van der Waals surface area contributed by atoms with Crippen LogP contribution in [0.4, 0.5) is 4.39 Å². The van der Waals surface area contributed by atoms with Crippen molar-refractivity contribution in [3.05, 3.63) is 57.1 Å². The zero-order chi connectivity index (χ0) is 20.7. The van der Waals surface area contributed by atoms with E-state index in [0.717, 1.165) is 23.8 Å². The third kappa shape index (κ3) is 4.77. The van der Waals surface area contributed by atoms with Gasteiger partial charge in [0.1, 0.15) is 23.2 Å². The van der Waals surface area contributed by atoms with Gasteiger partial charge in [-0.1, -0.05) is 26.2 Å². The molecule has 2 rings (SSSR count). The van der Waals surface area contributed by atoms with Gasteiger partial charge in [-0.2, -0.15) is 5.26 Å². The largest absolute Gasteiger partial charge is 0.494 e. The second kappa shape index (κ2) is 9.70. The van der Waals surface area contributed by atoms with E-state index in [2.05, 4.69) is 6.92 Å². The minimum Gasteiger partial charge on any atom is -0.494 e. The van der Waals surface area contributed by atoms with Crippen LogP contribution < -0.4 is 10.3 Å². The standard InChI is InChI=1S/C21H23FN2O4/c1-3-4-5-6-11-24-20(26)17(12-23)14(2)19(21(24)27)18(25)13-28-16-9-7-15(22)8-10-16/h7-10,27H,3-6,11,13H2,1-2H3. The van der Waals surface area contributed by atoms with E-state index in [1.165, 1.54) is 31.2 Å². The maximum absolute atomic E-state index is 13.0. The Morgan fingerprint density at radius 3 is 2.54 bits per heavy atom. The first-order chi connectivity index (χ1) is 13.4. The summed E-state index contributed by atoms with van der Waals surface area (Å²) in [4.78, 5) is 25.1. The zero-order valence-corrected chi connectivity index (χ0v) is 16.0. The Bertz CT molecular complexity index is 943. The highest BCUT2D eigenvalue weighted by atomic mass is 19.1. The molecule has 28 heavy (non-hydrogen) atoms. The number of carbonyl (C=O) groups excluding carboxylic acids is 1. The van der Waals surface area contributed by atoms with E-state index < -0.39 is 29.6 Å². The molecule has 0 aliphatic carbocycles. The highest BCUT2D eigenvalue weighted by Crippen LogP contribution is 2.23. The Morgan fingerprint density at radius 1 is 1.25 bits per heavy atom. The van der Waals surface area contributed by atoms with E-state index in [9.17, 15) is 24.3 Å². The number of unbranched alkanes of at least 4 members (excludes halogenated alkanes) is 3. The molecule has 0 unspecified atom stereocenters. The number of benzene rings is 1. The van der Waals surface area contributed by atoms with Crippen LogP contribution in [0.2, 0.25) is 0 Å². The van der Waals surface area contributed by atoms with Gasteiger partial charge in [-0.3, -0.25) is 14.2 Å². The lowest BCUT2D eigenvalue weighted by atomic mass is 10.0. The number of hydrogen-bond acceptors (Lipinski definition) is 5. The quantitative estimate of drug-likeness (QED) is 0.524. The molecule has 0 saturated heterocycles. The van der Waals surface area contributed by atoms with Crippen LogP contribution in [0.15, 0.2) is 29.1 Å². The smallest absolute Gasteiger partial charge is 0.271 e. The average Bonchev–Trinajstić information content (AvgIpc) is 2.67. The number of halogens is 1. The number of aromatic nitrogens is 1. The third-order valence-corrected chi connectivity index (χ3v) is 4.50. The number of ketones is 1. The topological polar surface area (TPSA) is 92.3 Å². The molecule has 1 heterocycles. The first kappa shape index (κ1) is 21.2. The van der Waals surface area contributed by atoms with E-state index in [-0.39, 0.29) is 23.2 Å². The number of aromatic hydroxyl groups is 1. The number of nitrogens with zero attached hydrogens (tertiary/aromatic N) is 2. The minimum atomic E-state index is -0.606. The van der Waals surface area contributed by atoms with Gasteiger partial charge in [0.25, 0.3) is 5.56 Å². The predicted octanol–water partition coefficient (Wildman–Crippen LogP) is 3.72. The first-order valence-corrected chi connectivity index (χ1v) is 9.18. The van der Waals surface area contributed by atoms with Crippen molar-refractivity contribution in [2.24, 2.45) is 0 Å². The zero-order valence-electron chi connectivity index (χ0n) is 16.0. The van der Waals surface area contributed by atoms with Crippen LogP contribution in [0.5, 0.6) is 11.6 Å². The van der Waals surface area contributed by atoms with Crippen molar-refractivity contribution in [1.29, 1.82) is 5.26 Å². The summed E-state index contributed by atoms with van der Waals surface area (Å²) in [5.74, 6) is -1.16. The van der Waals surface area contributed by atoms with Crippen molar-refractivity contribution in [3.63, 3.8) is 0 Å². The summed E-state index contributed by atoms with van der Waals surface area (Å²) in [7, 11) is 0. The Labute approximate surface area is 162 Å². The molecule has 7 heteroatoms. The summed E-state index contributed by atoms with van der Waals surface area (Å²) < 4.78 is 19.4. The monoisotopic (exact) mass is 386 g/mol. The predicted molar refractivity (Wildman–Crippen MR) is 102 cm³/mol. The van der Waals surface area contributed by atoms with Crippen molar-refractivity contribution in [3.8, 4) is 17.7 Å². The number of Topliss-reactive ketones (excluding diaryl/α,β-unsaturated/α-hetero) is 1. The summed E-state index contributed by atoms with van der Waals surface area (Å²) in [6.45, 7) is 3.31. The molecule has 0 aliphatic heterocycles. The number of carbonyl (C=O) groups is 1. The fraction of sp³-hybridized carbons (Fsp3) is 0.381. The van der Waals surface area contributed by atoms with E-state index in [1.54, 1.807) is 0 Å². The molecular weight excluding hydrogens is 363 g/mol. The van der Waals surface area contributed by atoms with Crippen molar-refractivity contribution in [2.75, 3.05) is 6.61 Å². The van der Waals surface area contributed by atoms with Crippen LogP contribution in [0, 0.1) is 24.1 Å². The number of ether oxygens (including phenoxy) is 1. The molecule has 0 atom stereocenters. The molecule has 0 radical (unpaired) electrons. The van der Waals surface area contributed by atoms with E-state index in [1.807, 2.05) is 6.07 Å². The average molecular weight is 386 g/mol. The van der Waals surface area contributed by atoms with Gasteiger partial charge in [0.15, 0.2) is 6.61 Å². The number of pyridine rings is 1. The van der Waals surface area contributed by atoms with Gasteiger partial charge in [-0.05, 0) is 43.2 Å². The van der Waals surface area contributed by atoms with Crippen molar-refractivity contribution < 1.29 is 19.0 Å². The highest BCUT2D eigenvalue weighted by molar-refractivity contribution is 6.01. The summed E-state index contributed by atoms with van der Waals surface area (Å²) in [6.07, 6.45) is 3.52. The molecule has 0 aliphatic rings. The molecule has 0 saturated carbocycles. The highest BCUT2D eigenvalue weighted by Gasteiger charge is 2.24. The molecule has 1 aromatic carbocycles. The minimum absolute atomic E-state index is 0.103. The normalized spacial score (nSPS) is 10.5. The van der Waals surface area contributed by atoms with Crippen LogP contribution in [-0.2, 0) is 6.54 Å². The maximum Gasteiger partial charge on any atom is 0.271 e. The molecule has 2 aromatic rings. The van der Waals surface area contributed by atoms with E-state index >= 15 is 0 Å². The van der Waals surface area contributed by atoms with Crippen molar-refractivity contribution >= 4 is 5.78 Å². The molecule has 148 valence electrons. The van der Waals surface area contributed by atoms with Gasteiger partial charge in [-0.25, -0.2) is 4.39 Å². The molecular formula is C21H23FN2O4. The number of hydrogen-bond donors (Lipinski definition) is 1. The number of nitriles is 1. The van der Waals surface area contributed by atoms with E-state index in [0.29, 0.717) is 12.2 Å². The van der Waals surface area contributed by atoms with Gasteiger partial charge in [0.2, 0.25) is 11.7 Å². The second-order valence-corrected chi connectivity index (χ2v) is 6.49. The fourth-order valence-corrected chi connectivity index (χ4v) is 2.94. The molecule has 6 nitrogen and oxygen atoms in total. The molecule has 1 N–H and O–H groups in total. The Balaban J connectivity index is 2.30. The molecule has 1 aromatic heterocycles. The van der Waals surface area contributed by atoms with Gasteiger partial charge in [0, 0.05) is 6.54 Å². The molecule has 0 spiro atoms. The Kier molecular flexibility index (Phi) is 7.33. The molecule has 0 bridgehead atoms. The fourth-order valence-electron chi connectivity index (χ4n) is 2.94. The first-order valence-electron chi connectivity index (χ1n) is 9.18. The third-order valence-electron chi connectivity index (χ3n) is 4.50. The van der Waals surface area contributed by atoms with Gasteiger partial charge in [-0.15, -0.1) is 0 Å². The lowest BCUT2D eigenvalue weighted by Gasteiger charge is -2.15. The van der Waals surface area contributed by atoms with Crippen LogP contribution >= 0.6 is 0 Å².